The standard InChI is InChI=1S/C59H91N5O11/c1-10-44-26-30-48(60-55(44)70)41(8)33-37(4)22-31-51(68)38(5)23-27-45(66)28-24-39(6)52-21-14-12-11-13-17-40(7)54(69)47(29-25-42(9)65)56(71)62-53(36(2)3)57(72)61-50(35-43-18-15-19-46(67)34-43)58(73)64-32-16-20-49(63-64)59(74)75-52/h11-15,18-19,24,33-34,36-38,40,44-45,47-54,63,66-69H,10,16-17,20-23,25-32,35H2,1-9H3,(H,60,70)(H,61,72)(H,62,71)/b13-11+,14-12+,39-24+,41-33-/t37?,38?,40?,44?,45?,47?,48?,49?,50?,51?,52-,53?,54?/m0/s1. The molecule has 16 heteroatoms. The highest BCUT2D eigenvalue weighted by atomic mass is 16.5. The fourth-order valence-electron chi connectivity index (χ4n) is 10.2. The lowest BCUT2D eigenvalue weighted by atomic mass is 9.85. The van der Waals surface area contributed by atoms with Gasteiger partial charge >= 0.3 is 5.97 Å². The van der Waals surface area contributed by atoms with Crippen LogP contribution < -0.4 is 21.4 Å². The minimum Gasteiger partial charge on any atom is -0.508 e. The summed E-state index contributed by atoms with van der Waals surface area (Å²) in [5.74, 6) is -4.00. The van der Waals surface area contributed by atoms with E-state index in [2.05, 4.69) is 41.3 Å². The lowest BCUT2D eigenvalue weighted by Gasteiger charge is -2.36. The van der Waals surface area contributed by atoms with Crippen LogP contribution in [0.3, 0.4) is 0 Å². The van der Waals surface area contributed by atoms with E-state index in [4.69, 9.17) is 4.74 Å². The number of rotatable bonds is 19. The number of hydrogen-bond acceptors (Lipinski definition) is 12. The molecule has 3 heterocycles. The molecular formula is C59H91N5O11. The van der Waals surface area contributed by atoms with E-state index in [9.17, 15) is 49.2 Å². The zero-order chi connectivity index (χ0) is 55.4. The summed E-state index contributed by atoms with van der Waals surface area (Å²) in [7, 11) is 0. The van der Waals surface area contributed by atoms with Gasteiger partial charge in [0, 0.05) is 37.8 Å². The van der Waals surface area contributed by atoms with Crippen LogP contribution in [0.5, 0.6) is 5.75 Å². The number of esters is 1. The SMILES string of the molecule is CCC1CCC(/C(C)=C\C(C)CCC(O)C(C)CCC(O)C/C=C(\C)[C@@H]2C/C=C/C=C/CC(C)C(O)C(CCC(C)=O)C(=O)NC(C(C)C)C(=O)NC(Cc3cccc(O)c3)C(=O)N3CCCC(N3)C(=O)O2)NC1=O. The number of allylic oxidation sites excluding steroid dienone is 4. The number of hydrogen-bond donors (Lipinski definition) is 8. The van der Waals surface area contributed by atoms with E-state index in [1.807, 2.05) is 51.2 Å². The molecule has 4 amide bonds. The molecule has 12 unspecified atom stereocenters. The number of nitrogens with zero attached hydrogens (tertiary/aromatic N) is 1. The summed E-state index contributed by atoms with van der Waals surface area (Å²) in [6, 6.07) is 3.15. The molecule has 8 N–H and O–H groups in total. The molecule has 3 aliphatic heterocycles. The van der Waals surface area contributed by atoms with Gasteiger partial charge < -0.3 is 45.9 Å². The second-order valence-electron chi connectivity index (χ2n) is 22.2. The molecular weight excluding hydrogens is 955 g/mol. The van der Waals surface area contributed by atoms with Gasteiger partial charge in [-0.25, -0.2) is 5.43 Å². The number of ether oxygens (including phenoxy) is 1. The lowest BCUT2D eigenvalue weighted by molar-refractivity contribution is -0.156. The van der Waals surface area contributed by atoms with Crippen LogP contribution >= 0.6 is 0 Å². The average molecular weight is 1050 g/mol. The lowest BCUT2D eigenvalue weighted by Crippen LogP contribution is -2.62. The smallest absolute Gasteiger partial charge is 0.325 e. The number of nitrogens with one attached hydrogen (secondary N) is 4. The molecule has 75 heavy (non-hydrogen) atoms. The van der Waals surface area contributed by atoms with Crippen LogP contribution in [-0.2, 0) is 39.9 Å². The Kier molecular flexibility index (Phi) is 25.9. The van der Waals surface area contributed by atoms with Crippen LogP contribution in [0, 0.1) is 35.5 Å². The van der Waals surface area contributed by atoms with Crippen LogP contribution in [0.25, 0.3) is 0 Å². The summed E-state index contributed by atoms with van der Waals surface area (Å²) in [6.45, 7) is 17.0. The maximum Gasteiger partial charge on any atom is 0.325 e. The first-order chi connectivity index (χ1) is 35.6. The van der Waals surface area contributed by atoms with Gasteiger partial charge in [-0.2, -0.15) is 0 Å². The van der Waals surface area contributed by atoms with Crippen molar-refractivity contribution in [3.05, 3.63) is 77.4 Å². The summed E-state index contributed by atoms with van der Waals surface area (Å²) in [6.07, 6.45) is 15.3. The third-order valence-corrected chi connectivity index (χ3v) is 15.4. The molecule has 4 rings (SSSR count). The zero-order valence-electron chi connectivity index (χ0n) is 46.3. The Morgan fingerprint density at radius 2 is 1.59 bits per heavy atom. The summed E-state index contributed by atoms with van der Waals surface area (Å²) in [4.78, 5) is 81.3. The van der Waals surface area contributed by atoms with E-state index in [0.717, 1.165) is 36.8 Å². The number of aromatic hydroxyl groups is 1. The molecule has 16 nitrogen and oxygen atoms in total. The van der Waals surface area contributed by atoms with Crippen molar-refractivity contribution in [1.82, 2.24) is 26.4 Å². The fourth-order valence-corrected chi connectivity index (χ4v) is 10.2. The topological polar surface area (TPSA) is 244 Å². The number of hydrazine groups is 1. The Hall–Kier alpha value is -5.16. The molecule has 0 aromatic heterocycles. The van der Waals surface area contributed by atoms with Crippen LogP contribution in [0.2, 0.25) is 0 Å². The maximum absolute atomic E-state index is 14.5. The molecule has 0 spiro atoms. The molecule has 0 radical (unpaired) electrons. The number of aliphatic hydroxyl groups is 3. The monoisotopic (exact) mass is 1050 g/mol. The van der Waals surface area contributed by atoms with Crippen LogP contribution in [0.4, 0.5) is 0 Å². The second-order valence-corrected chi connectivity index (χ2v) is 22.2. The van der Waals surface area contributed by atoms with E-state index < -0.39 is 84.0 Å². The van der Waals surface area contributed by atoms with Gasteiger partial charge in [-0.1, -0.05) is 95.7 Å². The fraction of sp³-hybridized carbons (Fsp3) is 0.661. The molecule has 418 valence electrons. The van der Waals surface area contributed by atoms with E-state index in [1.165, 1.54) is 24.1 Å². The van der Waals surface area contributed by atoms with Gasteiger partial charge in [0.25, 0.3) is 5.91 Å². The third kappa shape index (κ3) is 20.4. The Morgan fingerprint density at radius 3 is 2.25 bits per heavy atom. The van der Waals surface area contributed by atoms with Crippen molar-refractivity contribution in [3.8, 4) is 5.75 Å². The maximum atomic E-state index is 14.5. The number of phenols is 1. The molecule has 0 saturated carbocycles. The minimum atomic E-state index is -1.20. The van der Waals surface area contributed by atoms with Gasteiger partial charge in [0.1, 0.15) is 35.8 Å². The number of aliphatic hydroxyl groups excluding tert-OH is 3. The molecule has 2 fully saturated rings. The van der Waals surface area contributed by atoms with E-state index in [1.54, 1.807) is 32.9 Å². The normalized spacial score (nSPS) is 28.8. The van der Waals surface area contributed by atoms with Gasteiger partial charge in [-0.05, 0) is 145 Å². The highest BCUT2D eigenvalue weighted by Crippen LogP contribution is 2.27. The second kappa shape index (κ2) is 31.2. The van der Waals surface area contributed by atoms with E-state index in [-0.39, 0.29) is 73.5 Å². The van der Waals surface area contributed by atoms with Crippen molar-refractivity contribution >= 4 is 35.4 Å². The van der Waals surface area contributed by atoms with E-state index >= 15 is 0 Å². The Balaban J connectivity index is 1.50. The number of fused-ring (bicyclic) bond motifs is 2. The van der Waals surface area contributed by atoms with Gasteiger partial charge in [0.2, 0.25) is 17.7 Å². The number of piperidine rings is 1. The van der Waals surface area contributed by atoms with Crippen molar-refractivity contribution in [3.63, 3.8) is 0 Å². The molecule has 13 atom stereocenters. The quantitative estimate of drug-likeness (QED) is 0.0516. The van der Waals surface area contributed by atoms with Gasteiger partial charge in [-0.3, -0.25) is 29.0 Å². The Labute approximate surface area is 446 Å². The van der Waals surface area contributed by atoms with Crippen LogP contribution in [-0.4, -0.2) is 116 Å². The summed E-state index contributed by atoms with van der Waals surface area (Å²) >= 11 is 0. The Morgan fingerprint density at radius 1 is 0.867 bits per heavy atom. The summed E-state index contributed by atoms with van der Waals surface area (Å²) in [5.41, 5.74) is 5.49. The minimum absolute atomic E-state index is 0.0275. The van der Waals surface area contributed by atoms with Gasteiger partial charge in [0.05, 0.1) is 24.2 Å². The van der Waals surface area contributed by atoms with Crippen molar-refractivity contribution in [1.29, 1.82) is 0 Å². The van der Waals surface area contributed by atoms with Crippen LogP contribution in [0.1, 0.15) is 158 Å². The summed E-state index contributed by atoms with van der Waals surface area (Å²) < 4.78 is 6.20. The Bertz CT molecular complexity index is 2170. The molecule has 2 saturated heterocycles. The predicted molar refractivity (Wildman–Crippen MR) is 290 cm³/mol. The number of carbonyl (C=O) groups excluding carboxylic acids is 6. The number of carbonyl (C=O) groups is 6. The van der Waals surface area contributed by atoms with Crippen molar-refractivity contribution in [2.45, 2.75) is 207 Å². The third-order valence-electron chi connectivity index (χ3n) is 15.4. The molecule has 3 aliphatic rings. The van der Waals surface area contributed by atoms with Crippen LogP contribution in [0.15, 0.2) is 71.9 Å². The first kappa shape index (κ1) is 62.4. The van der Waals surface area contributed by atoms with Crippen molar-refractivity contribution < 1.29 is 53.9 Å². The first-order valence-corrected chi connectivity index (χ1v) is 27.7. The molecule has 2 bridgehead atoms. The largest absolute Gasteiger partial charge is 0.508 e. The highest BCUT2D eigenvalue weighted by molar-refractivity contribution is 5.93. The zero-order valence-corrected chi connectivity index (χ0v) is 46.3. The first-order valence-electron chi connectivity index (χ1n) is 27.7. The predicted octanol–water partition coefficient (Wildman–Crippen LogP) is 7.00. The highest BCUT2D eigenvalue weighted by Gasteiger charge is 2.38. The molecule has 1 aromatic rings. The number of Topliss-reactive ketones (excluding diaryl/α,β-unsaturated/α-hetero) is 1. The molecule has 1 aromatic carbocycles. The number of amides is 4. The van der Waals surface area contributed by atoms with Crippen molar-refractivity contribution in [2.75, 3.05) is 6.54 Å². The summed E-state index contributed by atoms with van der Waals surface area (Å²) in [5, 5.41) is 54.3. The number of benzene rings is 1. The number of ketones is 1. The molecule has 0 aliphatic carbocycles. The van der Waals surface area contributed by atoms with Gasteiger partial charge in [0.15, 0.2) is 0 Å². The average Bonchev–Trinajstić information content (AvgIpc) is 3.37. The number of cyclic esters (lactones) is 1. The van der Waals surface area contributed by atoms with Gasteiger partial charge in [-0.15, -0.1) is 0 Å². The number of phenolic OH excluding ortho intramolecular Hbond substituents is 1. The van der Waals surface area contributed by atoms with Crippen molar-refractivity contribution in [2.24, 2.45) is 35.5 Å². The van der Waals surface area contributed by atoms with E-state index in [0.29, 0.717) is 50.5 Å².